The first kappa shape index (κ1) is 20.8. The number of furan rings is 1. The number of amides is 2. The highest BCUT2D eigenvalue weighted by Gasteiger charge is 2.38. The lowest BCUT2D eigenvalue weighted by molar-refractivity contribution is -0.255. The fraction of sp³-hybridized carbons (Fsp3) is 0.200. The molecule has 3 rings (SSSR count). The summed E-state index contributed by atoms with van der Waals surface area (Å²) in [5, 5.41) is 11.6. The molecule has 0 aliphatic carbocycles. The second-order valence-corrected chi connectivity index (χ2v) is 6.90. The van der Waals surface area contributed by atoms with Crippen LogP contribution in [0.3, 0.4) is 0 Å². The molecular formula is C20H16ClN2O5S-. The van der Waals surface area contributed by atoms with E-state index in [-0.39, 0.29) is 32.8 Å². The molecule has 7 nitrogen and oxygen atoms in total. The molecule has 1 aliphatic rings. The Hall–Kier alpha value is -2.97. The van der Waals surface area contributed by atoms with E-state index in [9.17, 15) is 19.5 Å². The molecule has 150 valence electrons. The first-order valence-electron chi connectivity index (χ1n) is 8.79. The van der Waals surface area contributed by atoms with Crippen LogP contribution < -0.4 is 5.11 Å². The summed E-state index contributed by atoms with van der Waals surface area (Å²) in [5.74, 6) is -1.81. The smallest absolute Gasteiger partial charge is 0.265 e. The fourth-order valence-electron chi connectivity index (χ4n) is 2.94. The van der Waals surface area contributed by atoms with Crippen molar-refractivity contribution in [2.75, 3.05) is 13.1 Å². The second-order valence-electron chi connectivity index (χ2n) is 6.12. The molecular weight excluding hydrogens is 416 g/mol. The molecule has 0 saturated carbocycles. The fourth-order valence-corrected chi connectivity index (χ4v) is 3.58. The highest BCUT2D eigenvalue weighted by atomic mass is 35.5. The topological polar surface area (TPSA) is 93.9 Å². The van der Waals surface area contributed by atoms with Gasteiger partial charge < -0.3 is 14.3 Å². The molecule has 1 aliphatic heterocycles. The minimum Gasteiger partial charge on any atom is -0.545 e. The highest BCUT2D eigenvalue weighted by molar-refractivity contribution is 7.80. The predicted molar refractivity (Wildman–Crippen MR) is 109 cm³/mol. The van der Waals surface area contributed by atoms with Gasteiger partial charge in [-0.25, -0.2) is 0 Å². The maximum absolute atomic E-state index is 12.7. The largest absolute Gasteiger partial charge is 0.545 e. The summed E-state index contributed by atoms with van der Waals surface area (Å²) in [5.41, 5.74) is 0.229. The number of hydrogen-bond acceptors (Lipinski definition) is 6. The summed E-state index contributed by atoms with van der Waals surface area (Å²) in [6.07, 6.45) is 1.35. The molecule has 29 heavy (non-hydrogen) atoms. The van der Waals surface area contributed by atoms with Crippen LogP contribution in [-0.4, -0.2) is 45.8 Å². The van der Waals surface area contributed by atoms with Crippen LogP contribution in [0.25, 0.3) is 17.4 Å². The number of nitrogens with zero attached hydrogens (tertiary/aromatic N) is 2. The van der Waals surface area contributed by atoms with Crippen LogP contribution in [0.1, 0.15) is 30.0 Å². The Morgan fingerprint density at radius 3 is 2.31 bits per heavy atom. The van der Waals surface area contributed by atoms with Crippen molar-refractivity contribution < 1.29 is 23.9 Å². The van der Waals surface area contributed by atoms with E-state index >= 15 is 0 Å². The Bertz CT molecular complexity index is 1030. The Balaban J connectivity index is 2.00. The molecule has 0 spiro atoms. The van der Waals surface area contributed by atoms with Crippen molar-refractivity contribution in [3.63, 3.8) is 0 Å². The number of rotatable bonds is 5. The Labute approximate surface area is 177 Å². The maximum Gasteiger partial charge on any atom is 0.265 e. The lowest BCUT2D eigenvalue weighted by Crippen LogP contribution is -2.55. The maximum atomic E-state index is 12.7. The molecule has 9 heteroatoms. The van der Waals surface area contributed by atoms with E-state index in [0.29, 0.717) is 18.7 Å². The van der Waals surface area contributed by atoms with Crippen LogP contribution in [0.15, 0.2) is 40.3 Å². The van der Waals surface area contributed by atoms with Crippen molar-refractivity contribution in [3.05, 3.63) is 52.3 Å². The van der Waals surface area contributed by atoms with E-state index in [0.717, 1.165) is 0 Å². The van der Waals surface area contributed by atoms with Crippen LogP contribution in [-0.2, 0) is 9.59 Å². The molecule has 0 N–H and O–H groups in total. The quantitative estimate of drug-likeness (QED) is 0.410. The minimum atomic E-state index is -1.34. The number of benzene rings is 1. The molecule has 0 atom stereocenters. The molecule has 0 radical (unpaired) electrons. The Morgan fingerprint density at radius 2 is 1.76 bits per heavy atom. The van der Waals surface area contributed by atoms with Gasteiger partial charge in [-0.2, -0.15) is 0 Å². The van der Waals surface area contributed by atoms with Gasteiger partial charge in [-0.05, 0) is 62.0 Å². The molecule has 1 saturated heterocycles. The first-order valence-corrected chi connectivity index (χ1v) is 9.57. The Morgan fingerprint density at radius 1 is 1.14 bits per heavy atom. The van der Waals surface area contributed by atoms with E-state index in [2.05, 4.69) is 0 Å². The molecule has 0 bridgehead atoms. The number of halogens is 1. The molecule has 2 aromatic rings. The normalized spacial score (nSPS) is 14.6. The lowest BCUT2D eigenvalue weighted by Gasteiger charge is -2.35. The van der Waals surface area contributed by atoms with Crippen LogP contribution in [0.4, 0.5) is 0 Å². The molecule has 1 fully saturated rings. The number of carboxylic acid groups (broad SMARTS) is 1. The van der Waals surface area contributed by atoms with Crippen molar-refractivity contribution in [2.24, 2.45) is 0 Å². The SMILES string of the molecule is CCN1C(=O)C(=Cc2ccc(-c3cc(C(=O)[O-])ccc3Cl)o2)C(=O)N(CC)C1=S. The first-order chi connectivity index (χ1) is 13.8. The van der Waals surface area contributed by atoms with Gasteiger partial charge >= 0.3 is 0 Å². The van der Waals surface area contributed by atoms with Gasteiger partial charge in [-0.1, -0.05) is 17.7 Å². The second kappa shape index (κ2) is 8.18. The molecule has 1 aromatic heterocycles. The number of hydrogen-bond donors (Lipinski definition) is 0. The zero-order valence-electron chi connectivity index (χ0n) is 15.6. The highest BCUT2D eigenvalue weighted by Crippen LogP contribution is 2.31. The third kappa shape index (κ3) is 3.81. The van der Waals surface area contributed by atoms with Gasteiger partial charge in [0.1, 0.15) is 17.1 Å². The average Bonchev–Trinajstić information content (AvgIpc) is 3.14. The summed E-state index contributed by atoms with van der Waals surface area (Å²) in [6.45, 7) is 4.19. The minimum absolute atomic E-state index is 0.0518. The number of carbonyl (C=O) groups excluding carboxylic acids is 3. The summed E-state index contributed by atoms with van der Waals surface area (Å²) in [7, 11) is 0. The molecule has 1 aromatic carbocycles. The average molecular weight is 432 g/mol. The number of carboxylic acids is 1. The summed E-state index contributed by atoms with van der Waals surface area (Å²) in [6, 6.07) is 7.22. The van der Waals surface area contributed by atoms with E-state index in [1.165, 1.54) is 34.1 Å². The third-order valence-electron chi connectivity index (χ3n) is 4.43. The van der Waals surface area contributed by atoms with Crippen LogP contribution in [0.2, 0.25) is 5.02 Å². The number of carbonyl (C=O) groups is 3. The van der Waals surface area contributed by atoms with Gasteiger partial charge in [0.15, 0.2) is 5.11 Å². The Kier molecular flexibility index (Phi) is 5.86. The van der Waals surface area contributed by atoms with Crippen molar-refractivity contribution in [1.29, 1.82) is 0 Å². The zero-order valence-corrected chi connectivity index (χ0v) is 17.2. The van der Waals surface area contributed by atoms with Crippen molar-refractivity contribution >= 4 is 52.8 Å². The van der Waals surface area contributed by atoms with Crippen molar-refractivity contribution in [1.82, 2.24) is 9.80 Å². The predicted octanol–water partition coefficient (Wildman–Crippen LogP) is 2.34. The van der Waals surface area contributed by atoms with E-state index < -0.39 is 17.8 Å². The van der Waals surface area contributed by atoms with Crippen molar-refractivity contribution in [3.8, 4) is 11.3 Å². The zero-order chi connectivity index (χ0) is 21.3. The van der Waals surface area contributed by atoms with Gasteiger partial charge in [0.2, 0.25) is 0 Å². The third-order valence-corrected chi connectivity index (χ3v) is 5.20. The monoisotopic (exact) mass is 431 g/mol. The summed E-state index contributed by atoms with van der Waals surface area (Å²) >= 11 is 11.4. The van der Waals surface area contributed by atoms with Crippen LogP contribution >= 0.6 is 23.8 Å². The van der Waals surface area contributed by atoms with Gasteiger partial charge in [-0.3, -0.25) is 19.4 Å². The van der Waals surface area contributed by atoms with E-state index in [4.69, 9.17) is 28.2 Å². The molecule has 0 unspecified atom stereocenters. The van der Waals surface area contributed by atoms with Crippen LogP contribution in [0.5, 0.6) is 0 Å². The summed E-state index contributed by atoms with van der Waals surface area (Å²) in [4.78, 5) is 39.1. The lowest BCUT2D eigenvalue weighted by atomic mass is 10.1. The molecule has 2 heterocycles. The van der Waals surface area contributed by atoms with Gasteiger partial charge in [0, 0.05) is 18.7 Å². The van der Waals surface area contributed by atoms with Crippen molar-refractivity contribution in [2.45, 2.75) is 13.8 Å². The number of aromatic carboxylic acids is 1. The van der Waals surface area contributed by atoms with Gasteiger partial charge in [0.05, 0.1) is 11.0 Å². The van der Waals surface area contributed by atoms with Gasteiger partial charge in [0.25, 0.3) is 11.8 Å². The standard InChI is InChI=1S/C20H17ClN2O5S/c1-3-22-17(24)14(18(25)23(4-2)20(22)29)10-12-6-8-16(28-12)13-9-11(19(26)27)5-7-15(13)21/h5-10H,3-4H2,1-2H3,(H,26,27)/p-1. The molecule has 2 amide bonds. The van der Waals surface area contributed by atoms with Crippen LogP contribution in [0, 0.1) is 0 Å². The van der Waals surface area contributed by atoms with E-state index in [1.54, 1.807) is 26.0 Å². The van der Waals surface area contributed by atoms with E-state index in [1.807, 2.05) is 0 Å². The number of thiocarbonyl (C=S) groups is 1. The summed E-state index contributed by atoms with van der Waals surface area (Å²) < 4.78 is 5.70. The van der Waals surface area contributed by atoms with Gasteiger partial charge in [-0.15, -0.1) is 0 Å². The number of likely N-dealkylation sites (N-methyl/N-ethyl adjacent to an activating group) is 2.